The lowest BCUT2D eigenvalue weighted by molar-refractivity contribution is 0.0623. The summed E-state index contributed by atoms with van der Waals surface area (Å²) in [6.07, 6.45) is 4.73. The van der Waals surface area contributed by atoms with Gasteiger partial charge in [0, 0.05) is 36.6 Å². The van der Waals surface area contributed by atoms with Crippen molar-refractivity contribution in [2.45, 2.75) is 20.3 Å². The number of likely N-dealkylation sites (tertiary alicyclic amines) is 1. The van der Waals surface area contributed by atoms with Gasteiger partial charge in [-0.05, 0) is 30.4 Å². The minimum Gasteiger partial charge on any atom is -0.345 e. The minimum absolute atomic E-state index is 0.138. The molecule has 2 atom stereocenters. The molecule has 1 N–H and O–H groups in total. The third-order valence-corrected chi connectivity index (χ3v) is 4.06. The molecule has 0 saturated carbocycles. The van der Waals surface area contributed by atoms with E-state index in [1.807, 2.05) is 29.2 Å². The third-order valence-electron chi connectivity index (χ3n) is 4.06. The van der Waals surface area contributed by atoms with E-state index >= 15 is 0 Å². The Morgan fingerprint density at radius 2 is 1.86 bits per heavy atom. The second kappa shape index (κ2) is 5.72. The zero-order valence-corrected chi connectivity index (χ0v) is 12.5. The Bertz CT molecular complexity index is 593. The Kier molecular flexibility index (Phi) is 3.78. The van der Waals surface area contributed by atoms with Gasteiger partial charge in [-0.2, -0.15) is 0 Å². The van der Waals surface area contributed by atoms with Gasteiger partial charge in [-0.3, -0.25) is 4.79 Å². The minimum atomic E-state index is 0.138. The number of hydrogen-bond donors (Lipinski definition) is 1. The van der Waals surface area contributed by atoms with Crippen molar-refractivity contribution in [2.75, 3.05) is 13.1 Å². The summed E-state index contributed by atoms with van der Waals surface area (Å²) in [6.45, 7) is 6.16. The molecule has 2 heterocycles. The van der Waals surface area contributed by atoms with Crippen LogP contribution in [0.5, 0.6) is 0 Å². The van der Waals surface area contributed by atoms with Crippen molar-refractivity contribution < 1.29 is 4.79 Å². The zero-order valence-electron chi connectivity index (χ0n) is 12.5. The van der Waals surface area contributed by atoms with Gasteiger partial charge in [0.05, 0.1) is 0 Å². The second-order valence-electron chi connectivity index (χ2n) is 6.17. The van der Waals surface area contributed by atoms with Crippen LogP contribution in [-0.2, 0) is 0 Å². The molecule has 1 fully saturated rings. The topological polar surface area (TPSA) is 49.0 Å². The molecule has 2 unspecified atom stereocenters. The van der Waals surface area contributed by atoms with Gasteiger partial charge in [-0.15, -0.1) is 0 Å². The number of aromatic amines is 1. The number of nitrogens with zero attached hydrogens (tertiary/aromatic N) is 2. The summed E-state index contributed by atoms with van der Waals surface area (Å²) >= 11 is 0. The SMILES string of the molecule is CC1CC(C)CN(C(=O)c2ccc(-c3ncc[nH]3)cc2)C1. The number of piperidine rings is 1. The summed E-state index contributed by atoms with van der Waals surface area (Å²) in [5.74, 6) is 2.13. The first-order valence-corrected chi connectivity index (χ1v) is 7.52. The third kappa shape index (κ3) is 2.99. The number of H-pyrrole nitrogens is 1. The van der Waals surface area contributed by atoms with Crippen molar-refractivity contribution in [3.05, 3.63) is 42.2 Å². The fourth-order valence-electron chi connectivity index (χ4n) is 3.21. The van der Waals surface area contributed by atoms with Gasteiger partial charge in [-0.1, -0.05) is 26.0 Å². The fourth-order valence-corrected chi connectivity index (χ4v) is 3.21. The molecule has 0 spiro atoms. The molecule has 0 bridgehead atoms. The first-order valence-electron chi connectivity index (χ1n) is 7.52. The number of rotatable bonds is 2. The molecule has 4 nitrogen and oxygen atoms in total. The monoisotopic (exact) mass is 283 g/mol. The molecule has 1 aromatic heterocycles. The highest BCUT2D eigenvalue weighted by atomic mass is 16.2. The van der Waals surface area contributed by atoms with Crippen LogP contribution >= 0.6 is 0 Å². The lowest BCUT2D eigenvalue weighted by atomic mass is 9.91. The van der Waals surface area contributed by atoms with Gasteiger partial charge >= 0.3 is 0 Å². The van der Waals surface area contributed by atoms with Gasteiger partial charge in [0.25, 0.3) is 5.91 Å². The summed E-state index contributed by atoms with van der Waals surface area (Å²) in [5, 5.41) is 0. The van der Waals surface area contributed by atoms with Crippen LogP contribution in [0.2, 0.25) is 0 Å². The van der Waals surface area contributed by atoms with Gasteiger partial charge < -0.3 is 9.88 Å². The summed E-state index contributed by atoms with van der Waals surface area (Å²) in [4.78, 5) is 21.9. The van der Waals surface area contributed by atoms with E-state index in [1.165, 1.54) is 6.42 Å². The van der Waals surface area contributed by atoms with E-state index in [1.54, 1.807) is 12.4 Å². The molecular weight excluding hydrogens is 262 g/mol. The van der Waals surface area contributed by atoms with Crippen molar-refractivity contribution in [1.82, 2.24) is 14.9 Å². The van der Waals surface area contributed by atoms with E-state index in [9.17, 15) is 4.79 Å². The molecule has 1 aromatic carbocycles. The average Bonchev–Trinajstić information content (AvgIpc) is 3.00. The maximum absolute atomic E-state index is 12.6. The number of hydrogen-bond acceptors (Lipinski definition) is 2. The summed E-state index contributed by atoms with van der Waals surface area (Å²) < 4.78 is 0. The van der Waals surface area contributed by atoms with E-state index < -0.39 is 0 Å². The molecule has 3 rings (SSSR count). The predicted molar refractivity (Wildman–Crippen MR) is 82.9 cm³/mol. The van der Waals surface area contributed by atoms with Crippen LogP contribution in [-0.4, -0.2) is 33.9 Å². The van der Waals surface area contributed by atoms with Crippen LogP contribution in [0.4, 0.5) is 0 Å². The van der Waals surface area contributed by atoms with Crippen LogP contribution in [0.3, 0.4) is 0 Å². The zero-order chi connectivity index (χ0) is 14.8. The Balaban J connectivity index is 1.76. The Labute approximate surface area is 125 Å². The smallest absolute Gasteiger partial charge is 0.253 e. The van der Waals surface area contributed by atoms with Gasteiger partial charge in [0.2, 0.25) is 0 Å². The standard InChI is InChI=1S/C17H21N3O/c1-12-9-13(2)11-20(10-12)17(21)15-5-3-14(4-6-15)16-18-7-8-19-16/h3-8,12-13H,9-11H2,1-2H3,(H,18,19). The van der Waals surface area contributed by atoms with E-state index in [2.05, 4.69) is 23.8 Å². The first kappa shape index (κ1) is 13.9. The summed E-state index contributed by atoms with van der Waals surface area (Å²) in [7, 11) is 0. The van der Waals surface area contributed by atoms with Crippen LogP contribution in [0.15, 0.2) is 36.7 Å². The molecule has 2 aromatic rings. The molecular formula is C17H21N3O. The van der Waals surface area contributed by atoms with Crippen molar-refractivity contribution in [2.24, 2.45) is 11.8 Å². The van der Waals surface area contributed by atoms with Gasteiger partial charge in [0.15, 0.2) is 0 Å². The fraction of sp³-hybridized carbons (Fsp3) is 0.412. The molecule has 21 heavy (non-hydrogen) atoms. The van der Waals surface area contributed by atoms with E-state index in [4.69, 9.17) is 0 Å². The summed E-state index contributed by atoms with van der Waals surface area (Å²) in [5.41, 5.74) is 1.75. The number of carbonyl (C=O) groups is 1. The van der Waals surface area contributed by atoms with E-state index in [-0.39, 0.29) is 5.91 Å². The van der Waals surface area contributed by atoms with Gasteiger partial charge in [0.1, 0.15) is 5.82 Å². The molecule has 1 amide bonds. The van der Waals surface area contributed by atoms with Crippen LogP contribution in [0.1, 0.15) is 30.6 Å². The van der Waals surface area contributed by atoms with Crippen molar-refractivity contribution >= 4 is 5.91 Å². The highest BCUT2D eigenvalue weighted by molar-refractivity contribution is 5.94. The number of amides is 1. The molecule has 1 aliphatic heterocycles. The Hall–Kier alpha value is -2.10. The van der Waals surface area contributed by atoms with Crippen molar-refractivity contribution in [3.63, 3.8) is 0 Å². The molecule has 0 aliphatic carbocycles. The van der Waals surface area contributed by atoms with Crippen molar-refractivity contribution in [1.29, 1.82) is 0 Å². The molecule has 110 valence electrons. The number of benzene rings is 1. The maximum Gasteiger partial charge on any atom is 0.253 e. The lowest BCUT2D eigenvalue weighted by Crippen LogP contribution is -2.42. The predicted octanol–water partition coefficient (Wildman–Crippen LogP) is 3.19. The molecule has 1 aliphatic rings. The molecule has 1 saturated heterocycles. The number of imidazole rings is 1. The molecule has 4 heteroatoms. The highest BCUT2D eigenvalue weighted by Crippen LogP contribution is 2.23. The maximum atomic E-state index is 12.6. The molecule has 0 radical (unpaired) electrons. The van der Waals surface area contributed by atoms with Crippen LogP contribution < -0.4 is 0 Å². The summed E-state index contributed by atoms with van der Waals surface area (Å²) in [6, 6.07) is 7.68. The quantitative estimate of drug-likeness (QED) is 0.920. The van der Waals surface area contributed by atoms with Gasteiger partial charge in [-0.25, -0.2) is 4.98 Å². The second-order valence-corrected chi connectivity index (χ2v) is 6.17. The van der Waals surface area contributed by atoms with E-state index in [0.717, 1.165) is 30.0 Å². The normalized spacial score (nSPS) is 22.3. The number of aromatic nitrogens is 2. The van der Waals surface area contributed by atoms with Crippen molar-refractivity contribution in [3.8, 4) is 11.4 Å². The van der Waals surface area contributed by atoms with E-state index in [0.29, 0.717) is 11.8 Å². The lowest BCUT2D eigenvalue weighted by Gasteiger charge is -2.35. The Morgan fingerprint density at radius 1 is 1.19 bits per heavy atom. The highest BCUT2D eigenvalue weighted by Gasteiger charge is 2.26. The first-order chi connectivity index (χ1) is 10.1. The van der Waals surface area contributed by atoms with Crippen LogP contribution in [0, 0.1) is 11.8 Å². The van der Waals surface area contributed by atoms with Crippen LogP contribution in [0.25, 0.3) is 11.4 Å². The average molecular weight is 283 g/mol. The number of carbonyl (C=O) groups excluding carboxylic acids is 1. The number of nitrogens with one attached hydrogen (secondary N) is 1. The largest absolute Gasteiger partial charge is 0.345 e. The Morgan fingerprint density at radius 3 is 2.43 bits per heavy atom.